The largest absolute Gasteiger partial charge is 0.490 e. The first kappa shape index (κ1) is 15.0. The van der Waals surface area contributed by atoms with Crippen molar-refractivity contribution in [3.8, 4) is 5.75 Å². The number of nitrogens with one attached hydrogen (secondary N) is 1. The van der Waals surface area contributed by atoms with E-state index in [9.17, 15) is 4.79 Å². The lowest BCUT2D eigenvalue weighted by molar-refractivity contribution is 0.0239. The second kappa shape index (κ2) is 7.99. The first-order chi connectivity index (χ1) is 9.81. The second-order valence-electron chi connectivity index (χ2n) is 4.66. The molecule has 0 bridgehead atoms. The number of rotatable bonds is 7. The standard InChI is InChI=1S/C15H21NO4/c1-18-8-9-20-15-5-3-2-4-13(15)14(17)10-12-11-16-6-7-19-12/h2-5,12,16H,6-11H2,1H3. The molecule has 1 saturated heterocycles. The Bertz CT molecular complexity index is 430. The van der Waals surface area contributed by atoms with Gasteiger partial charge in [-0.3, -0.25) is 4.79 Å². The molecule has 5 heteroatoms. The average molecular weight is 279 g/mol. The fourth-order valence-electron chi connectivity index (χ4n) is 2.13. The molecule has 2 rings (SSSR count). The van der Waals surface area contributed by atoms with Gasteiger partial charge in [0.25, 0.3) is 0 Å². The molecular weight excluding hydrogens is 258 g/mol. The first-order valence-electron chi connectivity index (χ1n) is 6.87. The third kappa shape index (κ3) is 4.30. The van der Waals surface area contributed by atoms with Crippen molar-refractivity contribution in [2.45, 2.75) is 12.5 Å². The molecular formula is C15H21NO4. The minimum atomic E-state index is -0.0525. The zero-order valence-corrected chi connectivity index (χ0v) is 11.8. The summed E-state index contributed by atoms with van der Waals surface area (Å²) < 4.78 is 16.1. The van der Waals surface area contributed by atoms with Crippen molar-refractivity contribution in [2.24, 2.45) is 0 Å². The highest BCUT2D eigenvalue weighted by Crippen LogP contribution is 2.21. The topological polar surface area (TPSA) is 56.8 Å². The van der Waals surface area contributed by atoms with E-state index in [1.807, 2.05) is 18.2 Å². The van der Waals surface area contributed by atoms with Crippen molar-refractivity contribution in [1.82, 2.24) is 5.32 Å². The molecule has 1 heterocycles. The number of benzene rings is 1. The number of para-hydroxylation sites is 1. The summed E-state index contributed by atoms with van der Waals surface area (Å²) in [6, 6.07) is 7.30. The molecule has 1 N–H and O–H groups in total. The number of carbonyl (C=O) groups excluding carboxylic acids is 1. The maximum absolute atomic E-state index is 12.3. The lowest BCUT2D eigenvalue weighted by Gasteiger charge is -2.23. The van der Waals surface area contributed by atoms with E-state index < -0.39 is 0 Å². The van der Waals surface area contributed by atoms with Crippen molar-refractivity contribution in [3.63, 3.8) is 0 Å². The summed E-state index contributed by atoms with van der Waals surface area (Å²) >= 11 is 0. The van der Waals surface area contributed by atoms with E-state index in [1.165, 1.54) is 0 Å². The van der Waals surface area contributed by atoms with Crippen LogP contribution >= 0.6 is 0 Å². The Morgan fingerprint density at radius 2 is 2.25 bits per heavy atom. The van der Waals surface area contributed by atoms with Gasteiger partial charge < -0.3 is 19.5 Å². The van der Waals surface area contributed by atoms with Crippen molar-refractivity contribution in [2.75, 3.05) is 40.0 Å². The summed E-state index contributed by atoms with van der Waals surface area (Å²) in [6.07, 6.45) is 0.320. The zero-order valence-electron chi connectivity index (χ0n) is 11.8. The van der Waals surface area contributed by atoms with Gasteiger partial charge in [0.15, 0.2) is 5.78 Å². The van der Waals surface area contributed by atoms with Crippen molar-refractivity contribution >= 4 is 5.78 Å². The molecule has 0 aliphatic carbocycles. The predicted molar refractivity (Wildman–Crippen MR) is 75.4 cm³/mol. The normalized spacial score (nSPS) is 18.8. The van der Waals surface area contributed by atoms with Crippen LogP contribution in [0.2, 0.25) is 0 Å². The van der Waals surface area contributed by atoms with Gasteiger partial charge in [-0.15, -0.1) is 0 Å². The highest BCUT2D eigenvalue weighted by molar-refractivity contribution is 5.98. The van der Waals surface area contributed by atoms with Crippen molar-refractivity contribution in [1.29, 1.82) is 0 Å². The second-order valence-corrected chi connectivity index (χ2v) is 4.66. The summed E-state index contributed by atoms with van der Waals surface area (Å²) in [4.78, 5) is 12.3. The van der Waals surface area contributed by atoms with Crippen LogP contribution in [0.3, 0.4) is 0 Å². The number of carbonyl (C=O) groups is 1. The Kier molecular flexibility index (Phi) is 5.98. The number of hydrogen-bond acceptors (Lipinski definition) is 5. The summed E-state index contributed by atoms with van der Waals surface area (Å²) in [5.41, 5.74) is 0.609. The maximum Gasteiger partial charge on any atom is 0.169 e. The molecule has 1 aliphatic rings. The van der Waals surface area contributed by atoms with Crippen LogP contribution in [0.5, 0.6) is 5.75 Å². The molecule has 1 atom stereocenters. The molecule has 1 aromatic carbocycles. The van der Waals surface area contributed by atoms with E-state index in [4.69, 9.17) is 14.2 Å². The summed E-state index contributed by atoms with van der Waals surface area (Å²) in [5, 5.41) is 3.22. The molecule has 1 fully saturated rings. The van der Waals surface area contributed by atoms with Gasteiger partial charge in [0.2, 0.25) is 0 Å². The van der Waals surface area contributed by atoms with E-state index in [-0.39, 0.29) is 11.9 Å². The quantitative estimate of drug-likeness (QED) is 0.602. The van der Waals surface area contributed by atoms with Crippen molar-refractivity contribution in [3.05, 3.63) is 29.8 Å². The molecule has 0 amide bonds. The third-order valence-corrected chi connectivity index (χ3v) is 3.15. The van der Waals surface area contributed by atoms with E-state index in [0.717, 1.165) is 13.1 Å². The summed E-state index contributed by atoms with van der Waals surface area (Å²) in [7, 11) is 1.62. The van der Waals surface area contributed by atoms with Crippen LogP contribution in [-0.4, -0.2) is 51.9 Å². The van der Waals surface area contributed by atoms with Crippen LogP contribution in [0.1, 0.15) is 16.8 Å². The first-order valence-corrected chi connectivity index (χ1v) is 6.87. The van der Waals surface area contributed by atoms with E-state index in [1.54, 1.807) is 13.2 Å². The zero-order chi connectivity index (χ0) is 14.2. The smallest absolute Gasteiger partial charge is 0.169 e. The van der Waals surface area contributed by atoms with Gasteiger partial charge in [-0.1, -0.05) is 12.1 Å². The Hall–Kier alpha value is -1.43. The van der Waals surface area contributed by atoms with Crippen LogP contribution in [-0.2, 0) is 9.47 Å². The van der Waals surface area contributed by atoms with Gasteiger partial charge in [0, 0.05) is 26.6 Å². The molecule has 0 saturated carbocycles. The number of methoxy groups -OCH3 is 1. The maximum atomic E-state index is 12.3. The lowest BCUT2D eigenvalue weighted by atomic mass is 10.0. The molecule has 0 aromatic heterocycles. The fourth-order valence-corrected chi connectivity index (χ4v) is 2.13. The SMILES string of the molecule is COCCOc1ccccc1C(=O)CC1CNCCO1. The molecule has 0 radical (unpaired) electrons. The van der Waals surface area contributed by atoms with E-state index >= 15 is 0 Å². The van der Waals surface area contributed by atoms with Gasteiger partial charge in [0.1, 0.15) is 12.4 Å². The van der Waals surface area contributed by atoms with Gasteiger partial charge in [-0.05, 0) is 12.1 Å². The Morgan fingerprint density at radius 1 is 1.40 bits per heavy atom. The number of ether oxygens (including phenoxy) is 3. The number of ketones is 1. The lowest BCUT2D eigenvalue weighted by Crippen LogP contribution is -2.39. The average Bonchev–Trinajstić information content (AvgIpc) is 2.49. The summed E-state index contributed by atoms with van der Waals surface area (Å²) in [5.74, 6) is 0.657. The highest BCUT2D eigenvalue weighted by Gasteiger charge is 2.20. The minimum absolute atomic E-state index is 0.0479. The minimum Gasteiger partial charge on any atom is -0.490 e. The Balaban J connectivity index is 1.97. The third-order valence-electron chi connectivity index (χ3n) is 3.15. The van der Waals surface area contributed by atoms with Gasteiger partial charge in [-0.2, -0.15) is 0 Å². The molecule has 1 unspecified atom stereocenters. The van der Waals surface area contributed by atoms with E-state index in [0.29, 0.717) is 37.6 Å². The number of Topliss-reactive ketones (excluding diaryl/α,β-unsaturated/α-hetero) is 1. The van der Waals surface area contributed by atoms with Crippen LogP contribution in [0.4, 0.5) is 0 Å². The van der Waals surface area contributed by atoms with Crippen LogP contribution < -0.4 is 10.1 Å². The monoisotopic (exact) mass is 279 g/mol. The molecule has 20 heavy (non-hydrogen) atoms. The number of hydrogen-bond donors (Lipinski definition) is 1. The molecule has 1 aromatic rings. The van der Waals surface area contributed by atoms with Gasteiger partial charge in [-0.25, -0.2) is 0 Å². The fraction of sp³-hybridized carbons (Fsp3) is 0.533. The molecule has 110 valence electrons. The van der Waals surface area contributed by atoms with Gasteiger partial charge >= 0.3 is 0 Å². The summed E-state index contributed by atoms with van der Waals surface area (Å²) in [6.45, 7) is 3.16. The Labute approximate surface area is 119 Å². The molecule has 5 nitrogen and oxygen atoms in total. The number of morpholine rings is 1. The van der Waals surface area contributed by atoms with Crippen LogP contribution in [0, 0.1) is 0 Å². The molecule has 0 spiro atoms. The Morgan fingerprint density at radius 3 is 3.00 bits per heavy atom. The van der Waals surface area contributed by atoms with Crippen LogP contribution in [0.15, 0.2) is 24.3 Å². The van der Waals surface area contributed by atoms with E-state index in [2.05, 4.69) is 5.32 Å². The van der Waals surface area contributed by atoms with Crippen molar-refractivity contribution < 1.29 is 19.0 Å². The molecule has 1 aliphatic heterocycles. The highest BCUT2D eigenvalue weighted by atomic mass is 16.5. The van der Waals surface area contributed by atoms with Gasteiger partial charge in [0.05, 0.1) is 24.9 Å². The van der Waals surface area contributed by atoms with Crippen LogP contribution in [0.25, 0.3) is 0 Å². The predicted octanol–water partition coefficient (Wildman–Crippen LogP) is 1.27.